The van der Waals surface area contributed by atoms with E-state index in [0.29, 0.717) is 19.6 Å². The van der Waals surface area contributed by atoms with Crippen LogP contribution in [-0.4, -0.2) is 34.7 Å². The smallest absolute Gasteiger partial charge is 0.254 e. The Hall–Kier alpha value is -4.00. The van der Waals surface area contributed by atoms with E-state index in [1.54, 1.807) is 0 Å². The minimum Gasteiger partial charge on any atom is -0.381 e. The molecule has 0 aliphatic carbocycles. The molecule has 216 valence electrons. The number of rotatable bonds is 8. The summed E-state index contributed by atoms with van der Waals surface area (Å²) >= 11 is 11.8. The molecule has 2 aliphatic heterocycles. The molecule has 0 saturated heterocycles. The fraction of sp³-hybridized carbons (Fsp3) is 0.235. The van der Waals surface area contributed by atoms with Gasteiger partial charge in [0.25, 0.3) is 11.8 Å². The van der Waals surface area contributed by atoms with Gasteiger partial charge in [0.05, 0.1) is 0 Å². The van der Waals surface area contributed by atoms with Crippen LogP contribution in [0.4, 0.5) is 11.4 Å². The zero-order chi connectivity index (χ0) is 29.6. The van der Waals surface area contributed by atoms with Gasteiger partial charge in [-0.3, -0.25) is 9.59 Å². The summed E-state index contributed by atoms with van der Waals surface area (Å²) in [4.78, 5) is 28.1. The summed E-state index contributed by atoms with van der Waals surface area (Å²) < 4.78 is 0. The Morgan fingerprint density at radius 1 is 0.667 bits per heavy atom. The van der Waals surface area contributed by atoms with Crippen molar-refractivity contribution in [1.29, 1.82) is 0 Å². The average molecular weight is 602 g/mol. The van der Waals surface area contributed by atoms with Gasteiger partial charge in [-0.25, -0.2) is 0 Å². The molecule has 8 heteroatoms. The molecule has 0 radical (unpaired) electrons. The second-order valence-corrected chi connectivity index (χ2v) is 11.2. The molecule has 6 nitrogen and oxygen atoms in total. The van der Waals surface area contributed by atoms with E-state index in [9.17, 15) is 9.59 Å². The van der Waals surface area contributed by atoms with Gasteiger partial charge in [-0.15, -0.1) is 0 Å². The molecule has 4 aromatic rings. The minimum atomic E-state index is 0.127. The summed E-state index contributed by atoms with van der Waals surface area (Å²) in [6.45, 7) is 8.34. The summed E-state index contributed by atoms with van der Waals surface area (Å²) in [6.07, 6.45) is 0. The van der Waals surface area contributed by atoms with Crippen molar-refractivity contribution in [2.24, 2.45) is 0 Å². The largest absolute Gasteiger partial charge is 0.381 e. The molecule has 0 bridgehead atoms. The predicted molar refractivity (Wildman–Crippen MR) is 171 cm³/mol. The van der Waals surface area contributed by atoms with Crippen LogP contribution in [0.1, 0.15) is 56.8 Å². The molecule has 0 unspecified atom stereocenters. The molecular weight excluding hydrogens is 567 g/mol. The van der Waals surface area contributed by atoms with E-state index in [-0.39, 0.29) is 11.8 Å². The molecule has 0 aromatic heterocycles. The van der Waals surface area contributed by atoms with Crippen LogP contribution in [0.3, 0.4) is 0 Å². The van der Waals surface area contributed by atoms with Crippen LogP contribution in [-0.2, 0) is 26.2 Å². The number of amides is 2. The van der Waals surface area contributed by atoms with E-state index in [1.165, 1.54) is 0 Å². The Labute approximate surface area is 257 Å². The number of halogens is 2. The normalized spacial score (nSPS) is 13.4. The summed E-state index contributed by atoms with van der Waals surface area (Å²) in [5.41, 5.74) is 8.16. The van der Waals surface area contributed by atoms with E-state index in [1.807, 2.05) is 109 Å². The number of nitrogens with one attached hydrogen (secondary N) is 2. The van der Waals surface area contributed by atoms with E-state index in [4.69, 9.17) is 23.2 Å². The molecule has 4 aromatic carbocycles. The number of anilines is 2. The van der Waals surface area contributed by atoms with Crippen molar-refractivity contribution in [3.63, 3.8) is 0 Å². The third kappa shape index (κ3) is 6.72. The zero-order valence-corrected chi connectivity index (χ0v) is 25.3. The van der Waals surface area contributed by atoms with Crippen molar-refractivity contribution in [2.45, 2.75) is 40.0 Å². The summed E-state index contributed by atoms with van der Waals surface area (Å²) in [7, 11) is 0. The highest BCUT2D eigenvalue weighted by atomic mass is 35.5. The summed E-state index contributed by atoms with van der Waals surface area (Å²) in [6, 6.07) is 27.4. The zero-order valence-electron chi connectivity index (χ0n) is 23.8. The van der Waals surface area contributed by atoms with Crippen LogP contribution < -0.4 is 10.6 Å². The third-order valence-corrected chi connectivity index (χ3v) is 8.10. The van der Waals surface area contributed by atoms with Crippen LogP contribution in [0.25, 0.3) is 0 Å². The van der Waals surface area contributed by atoms with Crippen LogP contribution in [0.5, 0.6) is 0 Å². The van der Waals surface area contributed by atoms with E-state index < -0.39 is 0 Å². The first-order chi connectivity index (χ1) is 20.4. The summed E-state index contributed by atoms with van der Waals surface area (Å²) in [5.74, 6) is 0.255. The molecule has 2 amide bonds. The average Bonchev–Trinajstić information content (AvgIpc) is 3.52. The van der Waals surface area contributed by atoms with Crippen LogP contribution in [0, 0.1) is 0 Å². The highest BCUT2D eigenvalue weighted by Gasteiger charge is 2.28. The first-order valence-electron chi connectivity index (χ1n) is 14.2. The van der Waals surface area contributed by atoms with Gasteiger partial charge in [0.15, 0.2) is 0 Å². The van der Waals surface area contributed by atoms with E-state index in [2.05, 4.69) is 10.6 Å². The molecule has 0 saturated carbocycles. The maximum absolute atomic E-state index is 12.2. The van der Waals surface area contributed by atoms with Gasteiger partial charge < -0.3 is 20.4 Å². The first-order valence-corrected chi connectivity index (χ1v) is 14.9. The minimum absolute atomic E-state index is 0.127. The Kier molecular flexibility index (Phi) is 9.35. The van der Waals surface area contributed by atoms with E-state index >= 15 is 0 Å². The van der Waals surface area contributed by atoms with Gasteiger partial charge in [0.1, 0.15) is 0 Å². The molecule has 0 atom stereocenters. The van der Waals surface area contributed by atoms with Crippen molar-refractivity contribution in [3.8, 4) is 0 Å². The molecule has 2 N–H and O–H groups in total. The Morgan fingerprint density at radius 2 is 1.24 bits per heavy atom. The molecular formula is C34H34Cl2N4O2. The van der Waals surface area contributed by atoms with Crippen molar-refractivity contribution in [2.75, 3.05) is 23.7 Å². The maximum atomic E-state index is 12.2. The lowest BCUT2D eigenvalue weighted by Crippen LogP contribution is -2.22. The Bertz CT molecular complexity index is 1570. The SMILES string of the molecule is CCN1Cc2c(NCc3ccc(Cl)cc3)cccc2C1=O.CCN1Cc2ccc(NCc3ccc(Cl)cc3)cc2C1=O. The monoisotopic (exact) mass is 600 g/mol. The van der Waals surface area contributed by atoms with Crippen LogP contribution >= 0.6 is 23.2 Å². The van der Waals surface area contributed by atoms with Crippen molar-refractivity contribution in [1.82, 2.24) is 9.80 Å². The number of fused-ring (bicyclic) bond motifs is 2. The topological polar surface area (TPSA) is 64.7 Å². The van der Waals surface area contributed by atoms with Gasteiger partial charge in [-0.05, 0) is 79.1 Å². The quantitative estimate of drug-likeness (QED) is 0.216. The predicted octanol–water partition coefficient (Wildman–Crippen LogP) is 7.86. The number of carbonyl (C=O) groups is 2. The first kappa shape index (κ1) is 29.5. The number of hydrogen-bond donors (Lipinski definition) is 2. The van der Waals surface area contributed by atoms with Gasteiger partial charge in [-0.2, -0.15) is 0 Å². The van der Waals surface area contributed by atoms with Crippen molar-refractivity contribution < 1.29 is 9.59 Å². The lowest BCUT2D eigenvalue weighted by Gasteiger charge is -2.13. The lowest BCUT2D eigenvalue weighted by molar-refractivity contribution is 0.0779. The lowest BCUT2D eigenvalue weighted by atomic mass is 10.1. The second kappa shape index (κ2) is 13.3. The Morgan fingerprint density at radius 3 is 1.86 bits per heavy atom. The molecule has 6 rings (SSSR count). The van der Waals surface area contributed by atoms with Crippen molar-refractivity contribution >= 4 is 46.4 Å². The second-order valence-electron chi connectivity index (χ2n) is 10.3. The van der Waals surface area contributed by atoms with Gasteiger partial charge in [0, 0.05) is 77.4 Å². The molecule has 42 heavy (non-hydrogen) atoms. The Balaban J connectivity index is 0.000000168. The van der Waals surface area contributed by atoms with Crippen LogP contribution in [0.15, 0.2) is 84.9 Å². The number of benzene rings is 4. The highest BCUT2D eigenvalue weighted by molar-refractivity contribution is 6.30. The number of carbonyl (C=O) groups excluding carboxylic acids is 2. The molecule has 2 aliphatic rings. The van der Waals surface area contributed by atoms with Gasteiger partial charge in [0.2, 0.25) is 0 Å². The third-order valence-electron chi connectivity index (χ3n) is 7.60. The van der Waals surface area contributed by atoms with E-state index in [0.717, 1.165) is 74.4 Å². The van der Waals surface area contributed by atoms with Gasteiger partial charge >= 0.3 is 0 Å². The van der Waals surface area contributed by atoms with Crippen LogP contribution in [0.2, 0.25) is 10.0 Å². The highest BCUT2D eigenvalue weighted by Crippen LogP contribution is 2.30. The fourth-order valence-electron chi connectivity index (χ4n) is 5.14. The maximum Gasteiger partial charge on any atom is 0.254 e. The fourth-order valence-corrected chi connectivity index (χ4v) is 5.40. The van der Waals surface area contributed by atoms with Crippen molar-refractivity contribution in [3.05, 3.63) is 128 Å². The number of nitrogens with zero attached hydrogens (tertiary/aromatic N) is 2. The standard InChI is InChI=1S/2C17H17ClN2O/c1-2-20-11-13-5-8-15(9-16(13)17(20)21)19-10-12-3-6-14(18)7-4-12;1-2-20-11-15-14(17(20)21)4-3-5-16(15)19-10-12-6-8-13(18)9-7-12/h2*3-9,19H,2,10-11H2,1H3. The molecule has 2 heterocycles. The summed E-state index contributed by atoms with van der Waals surface area (Å²) in [5, 5.41) is 8.25. The molecule has 0 spiro atoms. The van der Waals surface area contributed by atoms with Gasteiger partial charge in [-0.1, -0.05) is 59.6 Å². The molecule has 0 fully saturated rings. The number of hydrogen-bond acceptors (Lipinski definition) is 4.